The van der Waals surface area contributed by atoms with Gasteiger partial charge in [0.1, 0.15) is 5.82 Å². The van der Waals surface area contributed by atoms with Crippen LogP contribution < -0.4 is 10.5 Å². The van der Waals surface area contributed by atoms with Crippen molar-refractivity contribution in [1.29, 1.82) is 0 Å². The molecule has 112 valence electrons. The number of aliphatic hydroxyl groups is 1. The SMILES string of the molecule is Cc1cc(S(=O)(=O)NC2CC(O)C2(C)C)cc(N)c1F. The van der Waals surface area contributed by atoms with Crippen LogP contribution in [-0.4, -0.2) is 25.7 Å². The fourth-order valence-corrected chi connectivity index (χ4v) is 3.80. The van der Waals surface area contributed by atoms with E-state index in [1.807, 2.05) is 0 Å². The van der Waals surface area contributed by atoms with E-state index in [1.165, 1.54) is 13.0 Å². The normalized spacial score (nSPS) is 25.2. The lowest BCUT2D eigenvalue weighted by atomic mass is 9.65. The molecule has 7 heteroatoms. The summed E-state index contributed by atoms with van der Waals surface area (Å²) >= 11 is 0. The largest absolute Gasteiger partial charge is 0.396 e. The molecular weight excluding hydrogens is 283 g/mol. The van der Waals surface area contributed by atoms with E-state index in [9.17, 15) is 17.9 Å². The number of nitrogen functional groups attached to an aromatic ring is 1. The molecule has 5 nitrogen and oxygen atoms in total. The van der Waals surface area contributed by atoms with Gasteiger partial charge in [-0.2, -0.15) is 0 Å². The van der Waals surface area contributed by atoms with E-state index in [4.69, 9.17) is 5.73 Å². The van der Waals surface area contributed by atoms with E-state index >= 15 is 0 Å². The second-order valence-corrected chi connectivity index (χ2v) is 7.60. The lowest BCUT2D eigenvalue weighted by Gasteiger charge is -2.49. The molecule has 2 unspecified atom stereocenters. The molecule has 0 amide bonds. The average molecular weight is 302 g/mol. The molecule has 0 aromatic heterocycles. The van der Waals surface area contributed by atoms with Crippen molar-refractivity contribution in [2.75, 3.05) is 5.73 Å². The summed E-state index contributed by atoms with van der Waals surface area (Å²) in [5.74, 6) is -0.608. The number of rotatable bonds is 3. The number of sulfonamides is 1. The molecular formula is C13H19FN2O3S. The highest BCUT2D eigenvalue weighted by molar-refractivity contribution is 7.89. The maximum atomic E-state index is 13.4. The third-order valence-corrected chi connectivity index (χ3v) is 5.53. The smallest absolute Gasteiger partial charge is 0.240 e. The number of anilines is 1. The molecule has 2 rings (SSSR count). The van der Waals surface area contributed by atoms with Gasteiger partial charge in [-0.15, -0.1) is 0 Å². The summed E-state index contributed by atoms with van der Waals surface area (Å²) in [6.07, 6.45) is -0.169. The molecule has 1 aliphatic carbocycles. The van der Waals surface area contributed by atoms with Crippen molar-refractivity contribution in [1.82, 2.24) is 4.72 Å². The van der Waals surface area contributed by atoms with Gasteiger partial charge in [-0.1, -0.05) is 13.8 Å². The van der Waals surface area contributed by atoms with Gasteiger partial charge in [-0.25, -0.2) is 17.5 Å². The van der Waals surface area contributed by atoms with Gasteiger partial charge in [-0.3, -0.25) is 0 Å². The number of hydrogen-bond donors (Lipinski definition) is 3. The van der Waals surface area contributed by atoms with Crippen molar-refractivity contribution < 1.29 is 17.9 Å². The van der Waals surface area contributed by atoms with Gasteiger partial charge in [0.05, 0.1) is 16.7 Å². The van der Waals surface area contributed by atoms with Crippen LogP contribution >= 0.6 is 0 Å². The number of aryl methyl sites for hydroxylation is 1. The van der Waals surface area contributed by atoms with E-state index < -0.39 is 27.4 Å². The summed E-state index contributed by atoms with van der Waals surface area (Å²) in [4.78, 5) is -0.0638. The van der Waals surface area contributed by atoms with Crippen molar-refractivity contribution >= 4 is 15.7 Å². The first-order valence-electron chi connectivity index (χ1n) is 6.31. The molecule has 0 aliphatic heterocycles. The van der Waals surface area contributed by atoms with E-state index in [1.54, 1.807) is 13.8 Å². The number of nitrogens with one attached hydrogen (secondary N) is 1. The molecule has 1 saturated carbocycles. The molecule has 4 N–H and O–H groups in total. The molecule has 1 fully saturated rings. The third kappa shape index (κ3) is 2.41. The monoisotopic (exact) mass is 302 g/mol. The van der Waals surface area contributed by atoms with E-state index in [0.29, 0.717) is 6.42 Å². The van der Waals surface area contributed by atoms with Gasteiger partial charge in [0, 0.05) is 11.5 Å². The predicted octanol–water partition coefficient (Wildman–Crippen LogP) is 1.15. The molecule has 1 aromatic carbocycles. The quantitative estimate of drug-likeness (QED) is 0.730. The number of benzene rings is 1. The molecule has 0 bridgehead atoms. The molecule has 0 radical (unpaired) electrons. The maximum absolute atomic E-state index is 13.4. The molecule has 2 atom stereocenters. The fraction of sp³-hybridized carbons (Fsp3) is 0.538. The Labute approximate surface area is 118 Å². The summed E-state index contributed by atoms with van der Waals surface area (Å²) < 4.78 is 40.5. The minimum Gasteiger partial charge on any atom is -0.396 e. The average Bonchev–Trinajstić information content (AvgIpc) is 2.34. The highest BCUT2D eigenvalue weighted by atomic mass is 32.2. The first kappa shape index (κ1) is 15.2. The topological polar surface area (TPSA) is 92.4 Å². The summed E-state index contributed by atoms with van der Waals surface area (Å²) in [6, 6.07) is 2.00. The lowest BCUT2D eigenvalue weighted by Crippen LogP contribution is -2.61. The zero-order chi connectivity index (χ0) is 15.3. The van der Waals surface area contributed by atoms with Crippen LogP contribution in [0.3, 0.4) is 0 Å². The standard InChI is InChI=1S/C13H19FN2O3S/c1-7-4-8(5-9(15)12(7)14)20(18,19)16-10-6-11(17)13(10,2)3/h4-5,10-11,16-17H,6,15H2,1-3H3. The summed E-state index contributed by atoms with van der Waals surface area (Å²) in [7, 11) is -3.78. The van der Waals surface area contributed by atoms with E-state index in [0.717, 1.165) is 6.07 Å². The van der Waals surface area contributed by atoms with Crippen LogP contribution in [0.25, 0.3) is 0 Å². The van der Waals surface area contributed by atoms with Crippen molar-refractivity contribution in [3.05, 3.63) is 23.5 Å². The van der Waals surface area contributed by atoms with Gasteiger partial charge < -0.3 is 10.8 Å². The maximum Gasteiger partial charge on any atom is 0.240 e. The molecule has 0 spiro atoms. The second-order valence-electron chi connectivity index (χ2n) is 5.89. The molecule has 0 heterocycles. The van der Waals surface area contributed by atoms with Crippen molar-refractivity contribution in [3.8, 4) is 0 Å². The number of nitrogens with two attached hydrogens (primary N) is 1. The van der Waals surface area contributed by atoms with Crippen molar-refractivity contribution in [2.24, 2.45) is 5.41 Å². The van der Waals surface area contributed by atoms with Crippen LogP contribution in [0, 0.1) is 18.2 Å². The van der Waals surface area contributed by atoms with E-state index in [-0.39, 0.29) is 22.2 Å². The first-order valence-corrected chi connectivity index (χ1v) is 7.80. The van der Waals surface area contributed by atoms with Gasteiger partial charge in [-0.05, 0) is 31.0 Å². The Bertz CT molecular complexity index is 620. The Hall–Kier alpha value is -1.18. The lowest BCUT2D eigenvalue weighted by molar-refractivity contribution is -0.0645. The molecule has 0 saturated heterocycles. The second kappa shape index (κ2) is 4.68. The third-order valence-electron chi connectivity index (χ3n) is 4.08. The highest BCUT2D eigenvalue weighted by Crippen LogP contribution is 2.41. The van der Waals surface area contributed by atoms with Crippen LogP contribution in [0.1, 0.15) is 25.8 Å². The Balaban J connectivity index is 2.28. The molecule has 1 aliphatic rings. The van der Waals surface area contributed by atoms with Gasteiger partial charge in [0.15, 0.2) is 0 Å². The molecule has 20 heavy (non-hydrogen) atoms. The van der Waals surface area contributed by atoms with Gasteiger partial charge >= 0.3 is 0 Å². The van der Waals surface area contributed by atoms with Gasteiger partial charge in [0.25, 0.3) is 0 Å². The zero-order valence-corrected chi connectivity index (χ0v) is 12.5. The number of hydrogen-bond acceptors (Lipinski definition) is 4. The van der Waals surface area contributed by atoms with Crippen LogP contribution in [0.2, 0.25) is 0 Å². The zero-order valence-electron chi connectivity index (χ0n) is 11.6. The van der Waals surface area contributed by atoms with E-state index in [2.05, 4.69) is 4.72 Å². The van der Waals surface area contributed by atoms with Crippen LogP contribution in [0.4, 0.5) is 10.1 Å². The molecule has 1 aromatic rings. The summed E-state index contributed by atoms with van der Waals surface area (Å²) in [5.41, 5.74) is 4.93. The van der Waals surface area contributed by atoms with Crippen LogP contribution in [0.5, 0.6) is 0 Å². The Morgan fingerprint density at radius 1 is 1.45 bits per heavy atom. The number of halogens is 1. The first-order chi connectivity index (χ1) is 9.05. The predicted molar refractivity (Wildman–Crippen MR) is 74.1 cm³/mol. The summed E-state index contributed by atoms with van der Waals surface area (Å²) in [6.45, 7) is 5.04. The van der Waals surface area contributed by atoms with Crippen molar-refractivity contribution in [3.63, 3.8) is 0 Å². The summed E-state index contributed by atoms with van der Waals surface area (Å²) in [5, 5.41) is 9.63. The fourth-order valence-electron chi connectivity index (χ4n) is 2.28. The van der Waals surface area contributed by atoms with Gasteiger partial charge in [0.2, 0.25) is 10.0 Å². The Morgan fingerprint density at radius 3 is 2.50 bits per heavy atom. The Kier molecular flexibility index (Phi) is 3.56. The van der Waals surface area contributed by atoms with Crippen molar-refractivity contribution in [2.45, 2.75) is 44.2 Å². The minimum absolute atomic E-state index is 0.0638. The Morgan fingerprint density at radius 2 is 2.05 bits per heavy atom. The minimum atomic E-state index is -3.78. The van der Waals surface area contributed by atoms with Crippen LogP contribution in [-0.2, 0) is 10.0 Å². The number of aliphatic hydroxyl groups excluding tert-OH is 1. The highest BCUT2D eigenvalue weighted by Gasteiger charge is 2.48. The van der Waals surface area contributed by atoms with Crippen LogP contribution in [0.15, 0.2) is 17.0 Å².